The Kier molecular flexibility index (Phi) is 4.16. The number of carbonyl (C=O) groups is 1. The van der Waals surface area contributed by atoms with Gasteiger partial charge >= 0.3 is 6.11 Å². The Balaban J connectivity index is 1.66. The second-order valence-electron chi connectivity index (χ2n) is 6.12. The Bertz CT molecular complexity index is 397. The van der Waals surface area contributed by atoms with Crippen molar-refractivity contribution >= 4 is 5.97 Å². The fraction of sp³-hybridized carbons (Fsp3) is 0.929. The number of rotatable bonds is 5. The minimum absolute atomic E-state index is 0.0752. The van der Waals surface area contributed by atoms with Crippen LogP contribution in [-0.2, 0) is 19.0 Å². The summed E-state index contributed by atoms with van der Waals surface area (Å²) in [5, 5.41) is 10.5. The minimum atomic E-state index is -4.27. The summed E-state index contributed by atoms with van der Waals surface area (Å²) in [5.41, 5.74) is 0. The lowest BCUT2D eigenvalue weighted by atomic mass is 9.94. The van der Waals surface area contributed by atoms with Crippen molar-refractivity contribution in [3.8, 4) is 0 Å². The largest absolute Gasteiger partial charge is 0.542 e. The molecule has 3 aliphatic rings. The first-order valence-electron chi connectivity index (χ1n) is 7.51. The van der Waals surface area contributed by atoms with Crippen molar-refractivity contribution in [2.24, 2.45) is 11.8 Å². The molecule has 0 aromatic carbocycles. The molecular weight excluding hydrogens is 286 g/mol. The summed E-state index contributed by atoms with van der Waals surface area (Å²) in [6.07, 6.45) is -0.994. The molecule has 0 aromatic heterocycles. The smallest absolute Gasteiger partial charge is 0.397 e. The molecule has 5 nitrogen and oxygen atoms in total. The van der Waals surface area contributed by atoms with Crippen LogP contribution in [0.15, 0.2) is 0 Å². The molecule has 0 radical (unpaired) electrons. The van der Waals surface area contributed by atoms with Crippen LogP contribution < -0.4 is 5.11 Å². The van der Waals surface area contributed by atoms with Crippen molar-refractivity contribution in [2.75, 3.05) is 6.61 Å². The maximum Gasteiger partial charge on any atom is 0.397 e. The van der Waals surface area contributed by atoms with E-state index in [1.54, 1.807) is 0 Å². The zero-order chi connectivity index (χ0) is 15.0. The van der Waals surface area contributed by atoms with E-state index < -0.39 is 30.6 Å². The van der Waals surface area contributed by atoms with E-state index >= 15 is 0 Å². The second-order valence-corrected chi connectivity index (χ2v) is 6.12. The Hall–Kier alpha value is -0.790. The fourth-order valence-corrected chi connectivity index (χ4v) is 3.75. The summed E-state index contributed by atoms with van der Waals surface area (Å²) in [6, 6.07) is 0. The summed E-state index contributed by atoms with van der Waals surface area (Å²) in [6.45, 7) is 0.603. The third-order valence-electron chi connectivity index (χ3n) is 4.74. The molecule has 1 aliphatic heterocycles. The molecule has 21 heavy (non-hydrogen) atoms. The van der Waals surface area contributed by atoms with E-state index in [9.17, 15) is 18.7 Å². The third-order valence-corrected chi connectivity index (χ3v) is 4.74. The van der Waals surface area contributed by atoms with Gasteiger partial charge in [0.25, 0.3) is 0 Å². The fourth-order valence-electron chi connectivity index (χ4n) is 3.75. The van der Waals surface area contributed by atoms with Gasteiger partial charge < -0.3 is 24.1 Å². The van der Waals surface area contributed by atoms with Crippen LogP contribution in [0.25, 0.3) is 0 Å². The number of carbonyl (C=O) groups excluding carboxylic acids is 1. The molecule has 3 rings (SSSR count). The van der Waals surface area contributed by atoms with Gasteiger partial charge in [-0.3, -0.25) is 0 Å². The average molecular weight is 305 g/mol. The van der Waals surface area contributed by atoms with Crippen LogP contribution in [0, 0.1) is 11.8 Å². The van der Waals surface area contributed by atoms with Crippen LogP contribution in [0.2, 0.25) is 0 Å². The van der Waals surface area contributed by atoms with E-state index in [1.807, 2.05) is 0 Å². The maximum atomic E-state index is 13.3. The molecule has 2 saturated carbocycles. The van der Waals surface area contributed by atoms with E-state index in [0.29, 0.717) is 6.61 Å². The molecule has 120 valence electrons. The first-order chi connectivity index (χ1) is 9.97. The molecule has 1 saturated heterocycles. The van der Waals surface area contributed by atoms with Gasteiger partial charge in [-0.05, 0) is 50.4 Å². The first kappa shape index (κ1) is 15.1. The van der Waals surface area contributed by atoms with Crippen LogP contribution >= 0.6 is 0 Å². The lowest BCUT2D eigenvalue weighted by molar-refractivity contribution is -0.375. The zero-order valence-corrected chi connectivity index (χ0v) is 11.6. The lowest BCUT2D eigenvalue weighted by Crippen LogP contribution is -2.50. The molecule has 0 N–H and O–H groups in total. The Morgan fingerprint density at radius 2 is 1.86 bits per heavy atom. The van der Waals surface area contributed by atoms with Crippen LogP contribution in [0.5, 0.6) is 0 Å². The van der Waals surface area contributed by atoms with Crippen LogP contribution in [-0.4, -0.2) is 37.2 Å². The molecule has 7 heteroatoms. The topological polar surface area (TPSA) is 67.8 Å². The van der Waals surface area contributed by atoms with Gasteiger partial charge in [-0.2, -0.15) is 8.78 Å². The van der Waals surface area contributed by atoms with E-state index in [0.717, 1.165) is 38.5 Å². The lowest BCUT2D eigenvalue weighted by Gasteiger charge is -2.36. The Labute approximate surface area is 121 Å². The molecule has 2 bridgehead atoms. The van der Waals surface area contributed by atoms with Gasteiger partial charge in [-0.15, -0.1) is 0 Å². The van der Waals surface area contributed by atoms with Crippen molar-refractivity contribution in [3.63, 3.8) is 0 Å². The van der Waals surface area contributed by atoms with Crippen molar-refractivity contribution in [2.45, 2.75) is 63.1 Å². The number of halogens is 2. The minimum Gasteiger partial charge on any atom is -0.542 e. The molecule has 1 heterocycles. The van der Waals surface area contributed by atoms with E-state index in [2.05, 4.69) is 4.74 Å². The standard InChI is InChI=1S/C14H20F2O5/c15-14(16,13(17)18)21-12-9-5-4-8(7-9)11(12)20-10-3-1-2-6-19-10/h8-12H,1-7H2,(H,17,18)/p-1. The number of carboxylic acid groups (broad SMARTS) is 1. The zero-order valence-electron chi connectivity index (χ0n) is 11.6. The van der Waals surface area contributed by atoms with Gasteiger partial charge in [-0.25, -0.2) is 0 Å². The molecule has 0 spiro atoms. The van der Waals surface area contributed by atoms with Crippen molar-refractivity contribution in [3.05, 3.63) is 0 Å². The molecule has 5 atom stereocenters. The monoisotopic (exact) mass is 305 g/mol. The SMILES string of the molecule is O=C([O-])C(F)(F)OC1C2CCC(C2)C1OC1CCCCO1. The highest BCUT2D eigenvalue weighted by Gasteiger charge is 2.53. The summed E-state index contributed by atoms with van der Waals surface area (Å²) in [4.78, 5) is 10.5. The molecule has 0 aromatic rings. The van der Waals surface area contributed by atoms with Gasteiger partial charge in [0, 0.05) is 6.61 Å². The number of aliphatic carboxylic acids is 1. The highest BCUT2D eigenvalue weighted by Crippen LogP contribution is 2.49. The number of alkyl halides is 2. The Morgan fingerprint density at radius 1 is 1.14 bits per heavy atom. The molecule has 2 aliphatic carbocycles. The number of ether oxygens (including phenoxy) is 3. The normalized spacial score (nSPS) is 39.6. The van der Waals surface area contributed by atoms with Gasteiger partial charge in [0.1, 0.15) is 5.97 Å². The first-order valence-corrected chi connectivity index (χ1v) is 7.51. The number of fused-ring (bicyclic) bond motifs is 2. The highest BCUT2D eigenvalue weighted by atomic mass is 19.3. The van der Waals surface area contributed by atoms with E-state index in [-0.39, 0.29) is 11.8 Å². The summed E-state index contributed by atoms with van der Waals surface area (Å²) >= 11 is 0. The third kappa shape index (κ3) is 3.05. The Morgan fingerprint density at radius 3 is 2.48 bits per heavy atom. The second kappa shape index (κ2) is 5.78. The van der Waals surface area contributed by atoms with Crippen LogP contribution in [0.1, 0.15) is 38.5 Å². The molecule has 3 fully saturated rings. The van der Waals surface area contributed by atoms with Crippen LogP contribution in [0.3, 0.4) is 0 Å². The number of hydrogen-bond acceptors (Lipinski definition) is 5. The molecule has 5 unspecified atom stereocenters. The van der Waals surface area contributed by atoms with Crippen molar-refractivity contribution in [1.29, 1.82) is 0 Å². The summed E-state index contributed by atoms with van der Waals surface area (Å²) in [7, 11) is 0. The summed E-state index contributed by atoms with van der Waals surface area (Å²) < 4.78 is 42.5. The predicted octanol–water partition coefficient (Wildman–Crippen LogP) is 1.06. The summed E-state index contributed by atoms with van der Waals surface area (Å²) in [5.74, 6) is -2.44. The van der Waals surface area contributed by atoms with Gasteiger partial charge in [-0.1, -0.05) is 0 Å². The van der Waals surface area contributed by atoms with Crippen LogP contribution in [0.4, 0.5) is 8.78 Å². The quantitative estimate of drug-likeness (QED) is 0.759. The van der Waals surface area contributed by atoms with Crippen molar-refractivity contribution < 1.29 is 32.9 Å². The molecular formula is C14H19F2O5-. The van der Waals surface area contributed by atoms with Gasteiger partial charge in [0.2, 0.25) is 0 Å². The van der Waals surface area contributed by atoms with Gasteiger partial charge in [0.15, 0.2) is 6.29 Å². The number of carboxylic acids is 1. The number of hydrogen-bond donors (Lipinski definition) is 0. The van der Waals surface area contributed by atoms with E-state index in [4.69, 9.17) is 9.47 Å². The van der Waals surface area contributed by atoms with Crippen molar-refractivity contribution in [1.82, 2.24) is 0 Å². The van der Waals surface area contributed by atoms with E-state index in [1.165, 1.54) is 0 Å². The highest BCUT2D eigenvalue weighted by molar-refractivity contribution is 5.71. The average Bonchev–Trinajstić information content (AvgIpc) is 3.03. The predicted molar refractivity (Wildman–Crippen MR) is 64.1 cm³/mol. The maximum absolute atomic E-state index is 13.3. The molecule has 0 amide bonds. The van der Waals surface area contributed by atoms with Gasteiger partial charge in [0.05, 0.1) is 12.2 Å².